The molecule has 21 heavy (non-hydrogen) atoms. The maximum Gasteiger partial charge on any atom is 0.234 e. The first kappa shape index (κ1) is 16.9. The molecule has 1 aromatic carbocycles. The molecule has 1 amide bonds. The number of amides is 1. The zero-order chi connectivity index (χ0) is 16.0. The van der Waals surface area contributed by atoms with Gasteiger partial charge in [0.25, 0.3) is 0 Å². The predicted octanol–water partition coefficient (Wildman–Crippen LogP) is 1.26. The largest absolute Gasteiger partial charge is 0.370 e. The van der Waals surface area contributed by atoms with Crippen molar-refractivity contribution in [2.45, 2.75) is 25.8 Å². The molecule has 0 spiro atoms. The van der Waals surface area contributed by atoms with Crippen molar-refractivity contribution < 1.29 is 13.6 Å². The van der Waals surface area contributed by atoms with E-state index in [-0.39, 0.29) is 5.56 Å². The Morgan fingerprint density at radius 3 is 2.24 bits per heavy atom. The highest BCUT2D eigenvalue weighted by atomic mass is 19.2. The number of hydrogen-bond donors (Lipinski definition) is 2. The molecule has 0 radical (unpaired) electrons. The van der Waals surface area contributed by atoms with E-state index in [1.807, 2.05) is 11.0 Å². The Bertz CT molecular complexity index is 549. The van der Waals surface area contributed by atoms with Gasteiger partial charge in [-0.2, -0.15) is 5.26 Å². The summed E-state index contributed by atoms with van der Waals surface area (Å²) in [5.41, 5.74) is 10.3. The third-order valence-electron chi connectivity index (χ3n) is 3.05. The summed E-state index contributed by atoms with van der Waals surface area (Å²) in [4.78, 5) is 11.7. The number of benzene rings is 1. The molecule has 1 aliphatic rings. The molecule has 0 bridgehead atoms. The summed E-state index contributed by atoms with van der Waals surface area (Å²) in [7, 11) is 0. The highest BCUT2D eigenvalue weighted by Gasteiger charge is 2.18. The average Bonchev–Trinajstić information content (AvgIpc) is 2.95. The van der Waals surface area contributed by atoms with Crippen molar-refractivity contribution >= 4 is 11.6 Å². The fraction of sp³-hybridized carbons (Fsp3) is 0.429. The van der Waals surface area contributed by atoms with Crippen LogP contribution in [0.4, 0.5) is 14.5 Å². The lowest BCUT2D eigenvalue weighted by Gasteiger charge is -2.18. The normalized spacial score (nSPS) is 14.9. The van der Waals surface area contributed by atoms with Gasteiger partial charge in [0.15, 0.2) is 11.6 Å². The zero-order valence-corrected chi connectivity index (χ0v) is 11.8. The van der Waals surface area contributed by atoms with E-state index in [4.69, 9.17) is 11.0 Å². The first-order chi connectivity index (χ1) is 9.86. The number of carbonyl (C=O) groups excluding carboxylic acids is 1. The van der Waals surface area contributed by atoms with E-state index in [1.54, 1.807) is 6.92 Å². The highest BCUT2D eigenvalue weighted by molar-refractivity contribution is 5.78. The van der Waals surface area contributed by atoms with E-state index in [9.17, 15) is 13.6 Å². The van der Waals surface area contributed by atoms with E-state index in [0.717, 1.165) is 38.1 Å². The molecule has 1 heterocycles. The summed E-state index contributed by atoms with van der Waals surface area (Å²) in [6, 6.07) is 3.45. The van der Waals surface area contributed by atoms with Crippen molar-refractivity contribution in [1.29, 1.82) is 5.26 Å². The van der Waals surface area contributed by atoms with Crippen molar-refractivity contribution in [2.24, 2.45) is 11.5 Å². The molecule has 1 aliphatic heterocycles. The third-order valence-corrected chi connectivity index (χ3v) is 3.05. The number of hydrogen-bond acceptors (Lipinski definition) is 4. The fourth-order valence-corrected chi connectivity index (χ4v) is 1.85. The van der Waals surface area contributed by atoms with Crippen LogP contribution in [-0.2, 0) is 4.79 Å². The summed E-state index contributed by atoms with van der Waals surface area (Å²) in [6.45, 7) is 3.15. The molecular formula is C14H18F2N4O. The van der Waals surface area contributed by atoms with Gasteiger partial charge in [0.2, 0.25) is 5.91 Å². The van der Waals surface area contributed by atoms with Crippen molar-refractivity contribution in [1.82, 2.24) is 0 Å². The lowest BCUT2D eigenvalue weighted by molar-refractivity contribution is -0.118. The van der Waals surface area contributed by atoms with E-state index in [2.05, 4.69) is 5.73 Å². The van der Waals surface area contributed by atoms with Crippen LogP contribution in [0.15, 0.2) is 12.1 Å². The van der Waals surface area contributed by atoms with Crippen LogP contribution in [0.1, 0.15) is 25.3 Å². The van der Waals surface area contributed by atoms with Gasteiger partial charge in [0.1, 0.15) is 6.07 Å². The lowest BCUT2D eigenvalue weighted by Crippen LogP contribution is -2.32. The number of primary amides is 1. The van der Waals surface area contributed by atoms with Gasteiger partial charge in [-0.15, -0.1) is 0 Å². The number of nitriles is 1. The van der Waals surface area contributed by atoms with Crippen LogP contribution in [0.5, 0.6) is 0 Å². The molecule has 0 saturated carbocycles. The van der Waals surface area contributed by atoms with Gasteiger partial charge in [0.05, 0.1) is 17.3 Å². The first-order valence-corrected chi connectivity index (χ1v) is 6.55. The lowest BCUT2D eigenvalue weighted by atomic mass is 10.1. The molecule has 1 aromatic rings. The molecule has 2 rings (SSSR count). The maximum absolute atomic E-state index is 13.0. The van der Waals surface area contributed by atoms with Crippen molar-refractivity contribution in [3.8, 4) is 6.07 Å². The number of nitrogens with two attached hydrogens (primary N) is 2. The van der Waals surface area contributed by atoms with Gasteiger partial charge in [-0.1, -0.05) is 0 Å². The molecule has 1 atom stereocenters. The number of nitrogens with zero attached hydrogens (tertiary/aromatic N) is 2. The van der Waals surface area contributed by atoms with Gasteiger partial charge >= 0.3 is 0 Å². The Morgan fingerprint density at radius 1 is 1.33 bits per heavy atom. The zero-order valence-electron chi connectivity index (χ0n) is 11.8. The van der Waals surface area contributed by atoms with Crippen LogP contribution in [0.2, 0.25) is 0 Å². The van der Waals surface area contributed by atoms with Crippen LogP contribution in [-0.4, -0.2) is 25.0 Å². The van der Waals surface area contributed by atoms with E-state index in [1.165, 1.54) is 0 Å². The molecule has 0 aromatic heterocycles. The SMILES string of the molecule is CC(N)C(N)=O.N#Cc1cc(F)c(F)cc1N1CCCC1. The summed E-state index contributed by atoms with van der Waals surface area (Å²) >= 11 is 0. The molecule has 5 nitrogen and oxygen atoms in total. The van der Waals surface area contributed by atoms with E-state index < -0.39 is 23.6 Å². The highest BCUT2D eigenvalue weighted by Crippen LogP contribution is 2.26. The minimum absolute atomic E-state index is 0.204. The standard InChI is InChI=1S/C11H10F2N2.C3H8N2O/c12-9-5-8(7-14)11(6-10(9)13)15-3-1-2-4-15;1-2(4)3(5)6/h5-6H,1-4H2;2H,4H2,1H3,(H2,5,6). The minimum atomic E-state index is -0.963. The Hall–Kier alpha value is -2.20. The number of carbonyl (C=O) groups is 1. The summed E-state index contributed by atoms with van der Waals surface area (Å²) < 4.78 is 25.9. The molecule has 0 aliphatic carbocycles. The monoisotopic (exact) mass is 296 g/mol. The van der Waals surface area contributed by atoms with Crippen LogP contribution in [0.25, 0.3) is 0 Å². The molecule has 1 unspecified atom stereocenters. The number of anilines is 1. The van der Waals surface area contributed by atoms with Gasteiger partial charge in [-0.25, -0.2) is 8.78 Å². The van der Waals surface area contributed by atoms with Crippen molar-refractivity contribution in [2.75, 3.05) is 18.0 Å². The summed E-state index contributed by atoms with van der Waals surface area (Å²) in [5, 5.41) is 8.83. The van der Waals surface area contributed by atoms with Crippen molar-refractivity contribution in [3.63, 3.8) is 0 Å². The quantitative estimate of drug-likeness (QED) is 0.858. The second-order valence-electron chi connectivity index (χ2n) is 4.78. The molecule has 1 fully saturated rings. The van der Waals surface area contributed by atoms with Gasteiger partial charge < -0.3 is 16.4 Å². The third kappa shape index (κ3) is 4.68. The van der Waals surface area contributed by atoms with Gasteiger partial charge in [0, 0.05) is 19.2 Å². The van der Waals surface area contributed by atoms with Crippen LogP contribution in [0.3, 0.4) is 0 Å². The Labute approximate surface area is 122 Å². The maximum atomic E-state index is 13.0. The average molecular weight is 296 g/mol. The minimum Gasteiger partial charge on any atom is -0.370 e. The van der Waals surface area contributed by atoms with Crippen molar-refractivity contribution in [3.05, 3.63) is 29.3 Å². The second-order valence-corrected chi connectivity index (χ2v) is 4.78. The Kier molecular flexibility index (Phi) is 6.06. The van der Waals surface area contributed by atoms with Crippen LogP contribution in [0, 0.1) is 23.0 Å². The summed E-state index contributed by atoms with van der Waals surface area (Å²) in [6.07, 6.45) is 2.06. The predicted molar refractivity (Wildman–Crippen MR) is 75.4 cm³/mol. The van der Waals surface area contributed by atoms with Gasteiger partial charge in [-0.3, -0.25) is 4.79 Å². The molecular weight excluding hydrogens is 278 g/mol. The molecule has 1 saturated heterocycles. The molecule has 114 valence electrons. The number of rotatable bonds is 2. The topological polar surface area (TPSA) is 96.1 Å². The molecule has 7 heteroatoms. The first-order valence-electron chi connectivity index (χ1n) is 6.55. The van der Waals surface area contributed by atoms with Crippen LogP contribution < -0.4 is 16.4 Å². The molecule has 4 N–H and O–H groups in total. The fourth-order valence-electron chi connectivity index (χ4n) is 1.85. The second kappa shape index (κ2) is 7.55. The number of halogens is 2. The smallest absolute Gasteiger partial charge is 0.234 e. The van der Waals surface area contributed by atoms with E-state index >= 15 is 0 Å². The van der Waals surface area contributed by atoms with E-state index in [0.29, 0.717) is 5.69 Å². The summed E-state index contributed by atoms with van der Waals surface area (Å²) in [5.74, 6) is -2.32. The Morgan fingerprint density at radius 2 is 1.81 bits per heavy atom. The Balaban J connectivity index is 0.000000315. The van der Waals surface area contributed by atoms with Crippen LogP contribution >= 0.6 is 0 Å². The van der Waals surface area contributed by atoms with Gasteiger partial charge in [-0.05, 0) is 25.8 Å².